The molecule has 8 nitrogen and oxygen atoms in total. The number of nitrogens with one attached hydrogen (secondary N) is 2. The molecular weight excluding hydrogens is 510 g/mol. The van der Waals surface area contributed by atoms with E-state index in [1.54, 1.807) is 6.92 Å². The lowest BCUT2D eigenvalue weighted by Gasteiger charge is -2.36. The van der Waals surface area contributed by atoms with Crippen molar-refractivity contribution in [3.8, 4) is 11.5 Å². The minimum absolute atomic E-state index is 0.000344. The molecule has 10 heteroatoms. The van der Waals surface area contributed by atoms with Gasteiger partial charge in [0.2, 0.25) is 5.91 Å². The number of carbonyl (C=O) groups is 3. The predicted molar refractivity (Wildman–Crippen MR) is 138 cm³/mol. The third-order valence-electron chi connectivity index (χ3n) is 9.69. The Morgan fingerprint density at radius 1 is 1.05 bits per heavy atom. The van der Waals surface area contributed by atoms with Crippen LogP contribution in [0.3, 0.4) is 0 Å². The molecule has 4 fully saturated rings. The molecule has 0 spiro atoms. The maximum atomic E-state index is 14.9. The fourth-order valence-corrected chi connectivity index (χ4v) is 6.92. The number of carbonyl (C=O) groups excluding carboxylic acids is 2. The zero-order valence-corrected chi connectivity index (χ0v) is 22.6. The van der Waals surface area contributed by atoms with Crippen molar-refractivity contribution in [3.05, 3.63) is 23.5 Å². The van der Waals surface area contributed by atoms with Gasteiger partial charge >= 0.3 is 5.97 Å². The van der Waals surface area contributed by atoms with Crippen LogP contribution in [0, 0.1) is 29.0 Å². The summed E-state index contributed by atoms with van der Waals surface area (Å²) in [5, 5.41) is 15.3. The first kappa shape index (κ1) is 27.6. The van der Waals surface area contributed by atoms with Gasteiger partial charge in [-0.05, 0) is 89.0 Å². The summed E-state index contributed by atoms with van der Waals surface area (Å²) in [6, 6.07) is 2.03. The van der Waals surface area contributed by atoms with E-state index < -0.39 is 40.7 Å². The second-order valence-corrected chi connectivity index (χ2v) is 12.2. The fraction of sp³-hybridized carbons (Fsp3) is 0.690. The molecular formula is C29H38F2N2O6. The lowest BCUT2D eigenvalue weighted by Crippen LogP contribution is -2.52. The second-order valence-electron chi connectivity index (χ2n) is 12.2. The van der Waals surface area contributed by atoms with Crippen LogP contribution in [0.25, 0.3) is 0 Å². The third-order valence-corrected chi connectivity index (χ3v) is 9.69. The Balaban J connectivity index is 1.28. The number of benzene rings is 1. The maximum absolute atomic E-state index is 14.9. The van der Waals surface area contributed by atoms with Crippen molar-refractivity contribution >= 4 is 17.8 Å². The number of aliphatic carboxylic acids is 1. The minimum atomic E-state index is -1.32. The van der Waals surface area contributed by atoms with Gasteiger partial charge in [-0.1, -0.05) is 0 Å². The van der Waals surface area contributed by atoms with Crippen LogP contribution in [0.15, 0.2) is 12.1 Å². The number of hydrogen-bond donors (Lipinski definition) is 3. The molecule has 0 unspecified atom stereocenters. The van der Waals surface area contributed by atoms with Gasteiger partial charge in [0.1, 0.15) is 11.4 Å². The average molecular weight is 549 g/mol. The van der Waals surface area contributed by atoms with Gasteiger partial charge < -0.3 is 25.2 Å². The second kappa shape index (κ2) is 10.6. The number of rotatable bonds is 9. The monoisotopic (exact) mass is 548 g/mol. The maximum Gasteiger partial charge on any atom is 0.309 e. The third kappa shape index (κ3) is 5.43. The van der Waals surface area contributed by atoms with E-state index in [-0.39, 0.29) is 47.5 Å². The Hall–Kier alpha value is -2.91. The summed E-state index contributed by atoms with van der Waals surface area (Å²) in [5.74, 6) is -2.45. The molecule has 2 bridgehead atoms. The Kier molecular flexibility index (Phi) is 7.50. The summed E-state index contributed by atoms with van der Waals surface area (Å²) in [6.45, 7) is 1.70. The Morgan fingerprint density at radius 3 is 2.36 bits per heavy atom. The molecule has 0 heterocycles. The van der Waals surface area contributed by atoms with Crippen LogP contribution in [0.2, 0.25) is 0 Å². The predicted octanol–water partition coefficient (Wildman–Crippen LogP) is 4.40. The van der Waals surface area contributed by atoms with Crippen LogP contribution >= 0.6 is 0 Å². The van der Waals surface area contributed by atoms with Crippen molar-refractivity contribution in [3.63, 3.8) is 0 Å². The van der Waals surface area contributed by atoms with Crippen molar-refractivity contribution in [2.75, 3.05) is 13.7 Å². The van der Waals surface area contributed by atoms with Crippen molar-refractivity contribution < 1.29 is 37.7 Å². The number of halogens is 2. The number of methoxy groups -OCH3 is 1. The van der Waals surface area contributed by atoms with Crippen LogP contribution in [-0.2, 0) is 9.59 Å². The first-order valence-electron chi connectivity index (χ1n) is 14.1. The van der Waals surface area contributed by atoms with E-state index in [9.17, 15) is 28.3 Å². The molecule has 5 rings (SSSR count). The van der Waals surface area contributed by atoms with Gasteiger partial charge in [-0.2, -0.15) is 0 Å². The highest BCUT2D eigenvalue weighted by atomic mass is 19.1. The molecule has 0 aliphatic heterocycles. The van der Waals surface area contributed by atoms with Crippen molar-refractivity contribution in [2.45, 2.75) is 88.9 Å². The number of fused-ring (bicyclic) bond motifs is 2. The number of hydrogen-bond acceptors (Lipinski definition) is 5. The van der Waals surface area contributed by atoms with E-state index in [1.165, 1.54) is 13.2 Å². The van der Waals surface area contributed by atoms with Gasteiger partial charge in [-0.15, -0.1) is 0 Å². The zero-order chi connectivity index (χ0) is 27.9. The summed E-state index contributed by atoms with van der Waals surface area (Å²) >= 11 is 0. The van der Waals surface area contributed by atoms with Gasteiger partial charge in [-0.25, -0.2) is 8.78 Å². The number of ether oxygens (including phenoxy) is 2. The van der Waals surface area contributed by atoms with Gasteiger partial charge in [-0.3, -0.25) is 14.4 Å². The molecule has 1 aromatic rings. The largest absolute Gasteiger partial charge is 0.496 e. The van der Waals surface area contributed by atoms with E-state index in [0.29, 0.717) is 38.5 Å². The van der Waals surface area contributed by atoms with Crippen molar-refractivity contribution in [1.82, 2.24) is 10.6 Å². The minimum Gasteiger partial charge on any atom is -0.496 e. The number of alkyl halides is 1. The smallest absolute Gasteiger partial charge is 0.309 e. The molecule has 0 radical (unpaired) electrons. The van der Waals surface area contributed by atoms with Crippen LogP contribution in [-0.4, -0.2) is 54.4 Å². The molecule has 1 aromatic carbocycles. The summed E-state index contributed by atoms with van der Waals surface area (Å²) in [5.41, 5.74) is -2.05. The Morgan fingerprint density at radius 2 is 1.74 bits per heavy atom. The standard InChI is InChI=1S/C29H38F2N2O6/c1-28(27(36)37)10-6-18(7-11-28)39-22-13-19(21(38-2)14-20(22)30)25(34)33-24-17-5-4-16(12-17)23(24)26(35)32-15-29(31)8-3-9-29/h13-14,16-18,23-24H,3-12,15H2,1-2H3,(H,32,35)(H,33,34)(H,36,37)/t16-,17+,18?,23+,24-,28?/m1/s1. The fourth-order valence-electron chi connectivity index (χ4n) is 6.92. The average Bonchev–Trinajstić information content (AvgIpc) is 3.50. The molecule has 39 heavy (non-hydrogen) atoms. The molecule has 4 atom stereocenters. The van der Waals surface area contributed by atoms with E-state index in [0.717, 1.165) is 31.7 Å². The highest BCUT2D eigenvalue weighted by Gasteiger charge is 2.52. The Labute approximate surface area is 227 Å². The highest BCUT2D eigenvalue weighted by Crippen LogP contribution is 2.49. The highest BCUT2D eigenvalue weighted by molar-refractivity contribution is 5.98. The first-order valence-corrected chi connectivity index (χ1v) is 14.1. The van der Waals surface area contributed by atoms with E-state index in [2.05, 4.69) is 10.6 Å². The van der Waals surface area contributed by atoms with Gasteiger partial charge in [0.05, 0.1) is 36.7 Å². The quantitative estimate of drug-likeness (QED) is 0.422. The van der Waals surface area contributed by atoms with Crippen molar-refractivity contribution in [1.29, 1.82) is 0 Å². The lowest BCUT2D eigenvalue weighted by molar-refractivity contribution is -0.150. The Bertz CT molecular complexity index is 1130. The normalized spacial score (nSPS) is 32.7. The van der Waals surface area contributed by atoms with E-state index in [1.807, 2.05) is 0 Å². The van der Waals surface area contributed by atoms with Crippen LogP contribution in [0.1, 0.15) is 81.5 Å². The summed E-state index contributed by atoms with van der Waals surface area (Å²) < 4.78 is 40.6. The van der Waals surface area contributed by atoms with Crippen molar-refractivity contribution in [2.24, 2.45) is 23.2 Å². The molecule has 4 saturated carbocycles. The molecule has 4 aliphatic rings. The summed E-state index contributed by atoms with van der Waals surface area (Å²) in [6.07, 6.45) is 5.73. The van der Waals surface area contributed by atoms with E-state index in [4.69, 9.17) is 9.47 Å². The molecule has 2 amide bonds. The molecule has 0 saturated heterocycles. The molecule has 3 N–H and O–H groups in total. The zero-order valence-electron chi connectivity index (χ0n) is 22.6. The SMILES string of the molecule is COc1cc(F)c(OC2CCC(C)(C(=O)O)CC2)cc1C(=O)N[C@@H]1[C@H]2CC[C@H](C2)[C@@H]1C(=O)NCC1(F)CCC1. The topological polar surface area (TPSA) is 114 Å². The summed E-state index contributed by atoms with van der Waals surface area (Å²) in [7, 11) is 1.35. The van der Waals surface area contributed by atoms with Gasteiger partial charge in [0.25, 0.3) is 5.91 Å². The molecule has 4 aliphatic carbocycles. The summed E-state index contributed by atoms with van der Waals surface area (Å²) in [4.78, 5) is 38.1. The number of amides is 2. The number of carboxylic acid groups (broad SMARTS) is 1. The first-order chi connectivity index (χ1) is 18.5. The van der Waals surface area contributed by atoms with Crippen LogP contribution in [0.4, 0.5) is 8.78 Å². The van der Waals surface area contributed by atoms with E-state index >= 15 is 0 Å². The number of carboxylic acids is 1. The molecule has 0 aromatic heterocycles. The van der Waals surface area contributed by atoms with Gasteiger partial charge in [0.15, 0.2) is 11.6 Å². The molecule has 214 valence electrons. The van der Waals surface area contributed by atoms with Crippen LogP contribution in [0.5, 0.6) is 11.5 Å². The van der Waals surface area contributed by atoms with Crippen LogP contribution < -0.4 is 20.1 Å². The lowest BCUT2D eigenvalue weighted by atomic mass is 9.75. The van der Waals surface area contributed by atoms with Gasteiger partial charge in [0, 0.05) is 12.1 Å².